The second-order valence-electron chi connectivity index (χ2n) is 6.43. The summed E-state index contributed by atoms with van der Waals surface area (Å²) < 4.78 is 40.0. The van der Waals surface area contributed by atoms with E-state index in [4.69, 9.17) is 11.6 Å². The van der Waals surface area contributed by atoms with Gasteiger partial charge in [-0.15, -0.1) is 0 Å². The Morgan fingerprint density at radius 1 is 1.07 bits per heavy atom. The third kappa shape index (κ3) is 4.81. The number of carbonyl (C=O) groups is 1. The van der Waals surface area contributed by atoms with Crippen molar-refractivity contribution in [3.05, 3.63) is 64.9 Å². The van der Waals surface area contributed by atoms with Crippen LogP contribution in [0.5, 0.6) is 0 Å². The molecule has 2 aromatic carbocycles. The van der Waals surface area contributed by atoms with E-state index >= 15 is 0 Å². The predicted molar refractivity (Wildman–Crippen MR) is 105 cm³/mol. The highest BCUT2D eigenvalue weighted by Gasteiger charge is 2.31. The lowest BCUT2D eigenvalue weighted by Gasteiger charge is -2.34. The Labute approximate surface area is 168 Å². The fraction of sp³-hybridized carbons (Fsp3) is 0.316. The number of nitrogens with zero attached hydrogens (tertiary/aromatic N) is 2. The van der Waals surface area contributed by atoms with E-state index in [1.54, 1.807) is 29.2 Å². The number of sulfonamides is 1. The Morgan fingerprint density at radius 3 is 2.46 bits per heavy atom. The van der Waals surface area contributed by atoms with Crippen LogP contribution in [0.2, 0.25) is 5.02 Å². The first-order chi connectivity index (χ1) is 13.4. The van der Waals surface area contributed by atoms with Gasteiger partial charge in [0.15, 0.2) is 0 Å². The van der Waals surface area contributed by atoms with Crippen LogP contribution in [0.25, 0.3) is 0 Å². The topological polar surface area (TPSA) is 69.7 Å². The predicted octanol–water partition coefficient (Wildman–Crippen LogP) is 2.74. The molecule has 0 atom stereocenters. The Balaban J connectivity index is 1.50. The zero-order valence-electron chi connectivity index (χ0n) is 15.1. The van der Waals surface area contributed by atoms with Crippen molar-refractivity contribution >= 4 is 27.7 Å². The van der Waals surface area contributed by atoms with E-state index in [-0.39, 0.29) is 47.9 Å². The van der Waals surface area contributed by atoms with Crippen LogP contribution >= 0.6 is 11.6 Å². The quantitative estimate of drug-likeness (QED) is 0.800. The molecule has 0 saturated carbocycles. The molecule has 1 aliphatic heterocycles. The van der Waals surface area contributed by atoms with E-state index in [2.05, 4.69) is 5.32 Å². The number of halogens is 2. The van der Waals surface area contributed by atoms with Gasteiger partial charge in [-0.2, -0.15) is 4.31 Å². The second kappa shape index (κ2) is 8.89. The van der Waals surface area contributed by atoms with Crippen molar-refractivity contribution in [2.45, 2.75) is 11.3 Å². The van der Waals surface area contributed by atoms with Crippen LogP contribution in [-0.2, 0) is 16.4 Å². The smallest absolute Gasteiger partial charge is 0.317 e. The summed E-state index contributed by atoms with van der Waals surface area (Å²) in [6.45, 7) is 1.35. The molecule has 0 radical (unpaired) electrons. The number of nitrogens with one attached hydrogen (secondary N) is 1. The van der Waals surface area contributed by atoms with E-state index in [0.717, 1.165) is 5.56 Å². The summed E-state index contributed by atoms with van der Waals surface area (Å²) in [4.78, 5) is 13.9. The standard InChI is InChI=1S/C19H21ClFN3O3S/c20-17-6-1-2-7-18(17)28(26,27)24-12-10-23(11-13-24)19(25)22-9-8-15-4-3-5-16(21)14-15/h1-7,14H,8-13H2,(H,22,25). The highest BCUT2D eigenvalue weighted by molar-refractivity contribution is 7.89. The first kappa shape index (κ1) is 20.6. The van der Waals surface area contributed by atoms with Gasteiger partial charge < -0.3 is 10.2 Å². The van der Waals surface area contributed by atoms with Crippen molar-refractivity contribution in [1.82, 2.24) is 14.5 Å². The van der Waals surface area contributed by atoms with Gasteiger partial charge in [0.05, 0.1) is 5.02 Å². The van der Waals surface area contributed by atoms with Gasteiger partial charge in [0.25, 0.3) is 0 Å². The SMILES string of the molecule is O=C(NCCc1cccc(F)c1)N1CCN(S(=O)(=O)c2ccccc2Cl)CC1. The monoisotopic (exact) mass is 425 g/mol. The molecule has 2 aromatic rings. The molecule has 0 spiro atoms. The Bertz CT molecular complexity index is 947. The number of carbonyl (C=O) groups excluding carboxylic acids is 1. The lowest BCUT2D eigenvalue weighted by atomic mass is 10.1. The molecule has 1 aliphatic rings. The summed E-state index contributed by atoms with van der Waals surface area (Å²) in [5.74, 6) is -0.306. The second-order valence-corrected chi connectivity index (χ2v) is 8.75. The maximum atomic E-state index is 13.2. The molecule has 0 aromatic heterocycles. The summed E-state index contributed by atoms with van der Waals surface area (Å²) in [5, 5.41) is 2.97. The molecule has 3 rings (SSSR count). The van der Waals surface area contributed by atoms with Gasteiger partial charge in [-0.1, -0.05) is 35.9 Å². The van der Waals surface area contributed by atoms with Gasteiger partial charge in [-0.05, 0) is 36.2 Å². The van der Waals surface area contributed by atoms with Crippen LogP contribution in [0, 0.1) is 5.82 Å². The molecule has 9 heteroatoms. The Kier molecular flexibility index (Phi) is 6.53. The van der Waals surface area contributed by atoms with Crippen LogP contribution in [0.15, 0.2) is 53.4 Å². The molecule has 0 unspecified atom stereocenters. The molecule has 2 amide bonds. The highest BCUT2D eigenvalue weighted by atomic mass is 35.5. The Morgan fingerprint density at radius 2 is 1.79 bits per heavy atom. The normalized spacial score (nSPS) is 15.4. The lowest BCUT2D eigenvalue weighted by Crippen LogP contribution is -2.53. The van der Waals surface area contributed by atoms with E-state index in [0.29, 0.717) is 13.0 Å². The molecule has 1 fully saturated rings. The minimum Gasteiger partial charge on any atom is -0.338 e. The van der Waals surface area contributed by atoms with E-state index in [1.807, 2.05) is 0 Å². The van der Waals surface area contributed by atoms with Crippen LogP contribution in [0.4, 0.5) is 9.18 Å². The van der Waals surface area contributed by atoms with Crippen molar-refractivity contribution in [1.29, 1.82) is 0 Å². The van der Waals surface area contributed by atoms with E-state index in [9.17, 15) is 17.6 Å². The number of piperazine rings is 1. The molecule has 1 N–H and O–H groups in total. The minimum atomic E-state index is -3.69. The third-order valence-electron chi connectivity index (χ3n) is 4.56. The number of amides is 2. The van der Waals surface area contributed by atoms with Gasteiger partial charge >= 0.3 is 6.03 Å². The first-order valence-electron chi connectivity index (χ1n) is 8.90. The number of hydrogen-bond donors (Lipinski definition) is 1. The van der Waals surface area contributed by atoms with E-state index in [1.165, 1.54) is 28.6 Å². The molecular formula is C19H21ClFN3O3S. The van der Waals surface area contributed by atoms with Gasteiger partial charge in [-0.25, -0.2) is 17.6 Å². The van der Waals surface area contributed by atoms with Crippen molar-refractivity contribution in [3.63, 3.8) is 0 Å². The third-order valence-corrected chi connectivity index (χ3v) is 6.96. The van der Waals surface area contributed by atoms with Crippen LogP contribution < -0.4 is 5.32 Å². The molecule has 0 aliphatic carbocycles. The summed E-state index contributed by atoms with van der Waals surface area (Å²) in [7, 11) is -3.69. The molecule has 1 saturated heterocycles. The van der Waals surface area contributed by atoms with Crippen LogP contribution in [-0.4, -0.2) is 56.4 Å². The summed E-state index contributed by atoms with van der Waals surface area (Å²) in [5.41, 5.74) is 0.802. The van der Waals surface area contributed by atoms with Crippen LogP contribution in [0.3, 0.4) is 0 Å². The average Bonchev–Trinajstić information content (AvgIpc) is 2.68. The molecule has 1 heterocycles. The molecule has 6 nitrogen and oxygen atoms in total. The zero-order valence-corrected chi connectivity index (χ0v) is 16.7. The van der Waals surface area contributed by atoms with Crippen molar-refractivity contribution in [2.24, 2.45) is 0 Å². The van der Waals surface area contributed by atoms with Crippen molar-refractivity contribution < 1.29 is 17.6 Å². The van der Waals surface area contributed by atoms with Gasteiger partial charge in [-0.3, -0.25) is 0 Å². The largest absolute Gasteiger partial charge is 0.338 e. The Hall–Kier alpha value is -2.16. The molecule has 150 valence electrons. The van der Waals surface area contributed by atoms with Crippen molar-refractivity contribution in [3.8, 4) is 0 Å². The average molecular weight is 426 g/mol. The fourth-order valence-corrected chi connectivity index (χ4v) is 4.96. The highest BCUT2D eigenvalue weighted by Crippen LogP contribution is 2.24. The minimum absolute atomic E-state index is 0.0738. The molecule has 28 heavy (non-hydrogen) atoms. The number of rotatable bonds is 5. The lowest BCUT2D eigenvalue weighted by molar-refractivity contribution is 0.172. The van der Waals surface area contributed by atoms with E-state index < -0.39 is 10.0 Å². The summed E-state index contributed by atoms with van der Waals surface area (Å²) in [6, 6.07) is 12.3. The fourth-order valence-electron chi connectivity index (χ4n) is 3.04. The number of benzene rings is 2. The maximum Gasteiger partial charge on any atom is 0.317 e. The van der Waals surface area contributed by atoms with Gasteiger partial charge in [0.2, 0.25) is 10.0 Å². The zero-order chi connectivity index (χ0) is 20.1. The number of urea groups is 1. The molecule has 0 bridgehead atoms. The van der Waals surface area contributed by atoms with Crippen molar-refractivity contribution in [2.75, 3.05) is 32.7 Å². The van der Waals surface area contributed by atoms with Gasteiger partial charge in [0.1, 0.15) is 10.7 Å². The van der Waals surface area contributed by atoms with Crippen LogP contribution in [0.1, 0.15) is 5.56 Å². The maximum absolute atomic E-state index is 13.2. The number of hydrogen-bond acceptors (Lipinski definition) is 3. The van der Waals surface area contributed by atoms with Gasteiger partial charge in [0, 0.05) is 32.7 Å². The first-order valence-corrected chi connectivity index (χ1v) is 10.7. The summed E-state index contributed by atoms with van der Waals surface area (Å²) in [6.07, 6.45) is 0.518. The molecular weight excluding hydrogens is 405 g/mol. The summed E-state index contributed by atoms with van der Waals surface area (Å²) >= 11 is 6.02.